The summed E-state index contributed by atoms with van der Waals surface area (Å²) in [5, 5.41) is 9.97. The van der Waals surface area contributed by atoms with Gasteiger partial charge in [0.1, 0.15) is 17.5 Å². The molecule has 3 aromatic rings. The fourth-order valence-electron chi connectivity index (χ4n) is 2.23. The summed E-state index contributed by atoms with van der Waals surface area (Å²) in [6.07, 6.45) is 3.37. The van der Waals surface area contributed by atoms with Crippen LogP contribution in [0.4, 0.5) is 5.82 Å². The topological polar surface area (TPSA) is 75.6 Å². The molecular formula is C17H11ClN4. The predicted molar refractivity (Wildman–Crippen MR) is 87.0 cm³/mol. The second kappa shape index (κ2) is 5.84. The van der Waals surface area contributed by atoms with Crippen molar-refractivity contribution in [3.63, 3.8) is 0 Å². The molecule has 0 saturated heterocycles. The Morgan fingerprint density at radius 2 is 1.91 bits per heavy atom. The maximum absolute atomic E-state index is 9.35. The van der Waals surface area contributed by atoms with E-state index in [1.807, 2.05) is 36.4 Å². The normalized spacial score (nSPS) is 10.2. The predicted octanol–water partition coefficient (Wildman–Crippen LogP) is 3.92. The summed E-state index contributed by atoms with van der Waals surface area (Å²) in [7, 11) is 0. The summed E-state index contributed by atoms with van der Waals surface area (Å²) in [6, 6.07) is 15.0. The average Bonchev–Trinajstić information content (AvgIpc) is 2.55. The molecule has 2 heterocycles. The summed E-state index contributed by atoms with van der Waals surface area (Å²) >= 11 is 6.03. The number of halogens is 1. The van der Waals surface area contributed by atoms with Crippen LogP contribution in [0.5, 0.6) is 0 Å². The SMILES string of the molecule is N#Cc1c(-c2cccnc2)cc(-c2cccc(Cl)c2)nc1N. The van der Waals surface area contributed by atoms with Gasteiger partial charge in [0.15, 0.2) is 0 Å². The molecule has 0 aliphatic carbocycles. The molecule has 0 radical (unpaired) electrons. The highest BCUT2D eigenvalue weighted by Gasteiger charge is 2.13. The van der Waals surface area contributed by atoms with Gasteiger partial charge in [0, 0.05) is 34.1 Å². The molecule has 5 heteroatoms. The molecule has 0 aliphatic heterocycles. The van der Waals surface area contributed by atoms with Crippen LogP contribution < -0.4 is 5.73 Å². The van der Waals surface area contributed by atoms with E-state index in [1.54, 1.807) is 18.5 Å². The van der Waals surface area contributed by atoms with E-state index in [4.69, 9.17) is 17.3 Å². The van der Waals surface area contributed by atoms with Crippen LogP contribution in [0.2, 0.25) is 5.02 Å². The number of benzene rings is 1. The van der Waals surface area contributed by atoms with Crippen LogP contribution in [0.15, 0.2) is 54.9 Å². The van der Waals surface area contributed by atoms with Crippen molar-refractivity contribution < 1.29 is 0 Å². The largest absolute Gasteiger partial charge is 0.383 e. The number of anilines is 1. The molecule has 0 amide bonds. The van der Waals surface area contributed by atoms with Gasteiger partial charge in [-0.1, -0.05) is 29.8 Å². The zero-order valence-electron chi connectivity index (χ0n) is 11.5. The molecule has 22 heavy (non-hydrogen) atoms. The zero-order chi connectivity index (χ0) is 15.5. The summed E-state index contributed by atoms with van der Waals surface area (Å²) in [6.45, 7) is 0. The Morgan fingerprint density at radius 1 is 1.09 bits per heavy atom. The van der Waals surface area contributed by atoms with Gasteiger partial charge in [-0.05, 0) is 24.3 Å². The molecule has 0 unspecified atom stereocenters. The standard InChI is InChI=1S/C17H11ClN4/c18-13-5-1-3-11(7-13)16-8-14(12-4-2-6-21-10-12)15(9-19)17(20)22-16/h1-8,10H,(H2,20,22). The molecule has 1 aromatic carbocycles. The van der Waals surface area contributed by atoms with Crippen LogP contribution in [0.25, 0.3) is 22.4 Å². The number of hydrogen-bond acceptors (Lipinski definition) is 4. The summed E-state index contributed by atoms with van der Waals surface area (Å²) in [5.41, 5.74) is 9.33. The number of nitrogens with two attached hydrogens (primary N) is 1. The van der Waals surface area contributed by atoms with E-state index in [0.29, 0.717) is 21.8 Å². The second-order valence-corrected chi connectivity index (χ2v) is 5.12. The highest BCUT2D eigenvalue weighted by atomic mass is 35.5. The first-order chi connectivity index (χ1) is 10.7. The molecule has 2 aromatic heterocycles. The lowest BCUT2D eigenvalue weighted by Crippen LogP contribution is -1.99. The number of pyridine rings is 2. The average molecular weight is 307 g/mol. The number of hydrogen-bond donors (Lipinski definition) is 1. The lowest BCUT2D eigenvalue weighted by molar-refractivity contribution is 1.29. The summed E-state index contributed by atoms with van der Waals surface area (Å²) in [4.78, 5) is 8.41. The Hall–Kier alpha value is -2.90. The third-order valence-corrected chi connectivity index (χ3v) is 3.49. The molecule has 4 nitrogen and oxygen atoms in total. The Morgan fingerprint density at radius 3 is 2.59 bits per heavy atom. The molecular weight excluding hydrogens is 296 g/mol. The lowest BCUT2D eigenvalue weighted by atomic mass is 10.00. The molecule has 106 valence electrons. The molecule has 0 spiro atoms. The minimum atomic E-state index is 0.193. The van der Waals surface area contributed by atoms with Crippen molar-refractivity contribution >= 4 is 17.4 Å². The first-order valence-corrected chi connectivity index (χ1v) is 6.94. The van der Waals surface area contributed by atoms with Crippen molar-refractivity contribution in [3.8, 4) is 28.5 Å². The van der Waals surface area contributed by atoms with Crippen molar-refractivity contribution in [2.45, 2.75) is 0 Å². The van der Waals surface area contributed by atoms with Gasteiger partial charge in [-0.15, -0.1) is 0 Å². The minimum absolute atomic E-state index is 0.193. The molecule has 0 atom stereocenters. The molecule has 0 fully saturated rings. The van der Waals surface area contributed by atoms with E-state index in [0.717, 1.165) is 11.1 Å². The monoisotopic (exact) mass is 306 g/mol. The quantitative estimate of drug-likeness (QED) is 0.778. The number of nitrogen functional groups attached to an aromatic ring is 1. The van der Waals surface area contributed by atoms with Crippen LogP contribution in [0, 0.1) is 11.3 Å². The molecule has 0 saturated carbocycles. The summed E-state index contributed by atoms with van der Waals surface area (Å²) in [5.74, 6) is 0.193. The fourth-order valence-corrected chi connectivity index (χ4v) is 2.42. The molecule has 2 N–H and O–H groups in total. The number of rotatable bonds is 2. The fraction of sp³-hybridized carbons (Fsp3) is 0. The van der Waals surface area contributed by atoms with E-state index >= 15 is 0 Å². The van der Waals surface area contributed by atoms with Crippen molar-refractivity contribution in [2.75, 3.05) is 5.73 Å². The highest BCUT2D eigenvalue weighted by molar-refractivity contribution is 6.30. The van der Waals surface area contributed by atoms with Gasteiger partial charge in [-0.2, -0.15) is 5.26 Å². The number of nitriles is 1. The number of nitrogens with zero attached hydrogens (tertiary/aromatic N) is 3. The second-order valence-electron chi connectivity index (χ2n) is 4.68. The van der Waals surface area contributed by atoms with Crippen LogP contribution in [-0.4, -0.2) is 9.97 Å². The van der Waals surface area contributed by atoms with Crippen molar-refractivity contribution in [1.82, 2.24) is 9.97 Å². The Labute approximate surface area is 132 Å². The zero-order valence-corrected chi connectivity index (χ0v) is 12.2. The maximum atomic E-state index is 9.35. The summed E-state index contributed by atoms with van der Waals surface area (Å²) < 4.78 is 0. The van der Waals surface area contributed by atoms with Crippen molar-refractivity contribution in [3.05, 3.63) is 65.4 Å². The van der Waals surface area contributed by atoms with Crippen LogP contribution >= 0.6 is 11.6 Å². The van der Waals surface area contributed by atoms with Gasteiger partial charge in [0.2, 0.25) is 0 Å². The van der Waals surface area contributed by atoms with Gasteiger partial charge in [-0.3, -0.25) is 4.98 Å². The van der Waals surface area contributed by atoms with E-state index in [1.165, 1.54) is 0 Å². The van der Waals surface area contributed by atoms with Crippen LogP contribution in [-0.2, 0) is 0 Å². The maximum Gasteiger partial charge on any atom is 0.142 e. The van der Waals surface area contributed by atoms with E-state index < -0.39 is 0 Å². The van der Waals surface area contributed by atoms with E-state index in [9.17, 15) is 5.26 Å². The van der Waals surface area contributed by atoms with Crippen molar-refractivity contribution in [2.24, 2.45) is 0 Å². The van der Waals surface area contributed by atoms with E-state index in [-0.39, 0.29) is 5.82 Å². The molecule has 3 rings (SSSR count). The van der Waals surface area contributed by atoms with Gasteiger partial charge in [0.25, 0.3) is 0 Å². The highest BCUT2D eigenvalue weighted by Crippen LogP contribution is 2.31. The van der Waals surface area contributed by atoms with Gasteiger partial charge in [-0.25, -0.2) is 4.98 Å². The van der Waals surface area contributed by atoms with Crippen molar-refractivity contribution in [1.29, 1.82) is 5.26 Å². The lowest BCUT2D eigenvalue weighted by Gasteiger charge is -2.10. The Kier molecular flexibility index (Phi) is 3.73. The Bertz CT molecular complexity index is 870. The molecule has 0 aliphatic rings. The smallest absolute Gasteiger partial charge is 0.142 e. The van der Waals surface area contributed by atoms with Gasteiger partial charge < -0.3 is 5.73 Å². The third-order valence-electron chi connectivity index (χ3n) is 3.25. The minimum Gasteiger partial charge on any atom is -0.383 e. The molecule has 0 bridgehead atoms. The van der Waals surface area contributed by atoms with Gasteiger partial charge >= 0.3 is 0 Å². The third kappa shape index (κ3) is 2.62. The number of aromatic nitrogens is 2. The van der Waals surface area contributed by atoms with Gasteiger partial charge in [0.05, 0.1) is 5.69 Å². The first-order valence-electron chi connectivity index (χ1n) is 6.56. The van der Waals surface area contributed by atoms with E-state index in [2.05, 4.69) is 16.0 Å². The first kappa shape index (κ1) is 14.1. The van der Waals surface area contributed by atoms with Crippen LogP contribution in [0.1, 0.15) is 5.56 Å². The Balaban J connectivity index is 2.24. The van der Waals surface area contributed by atoms with Crippen LogP contribution in [0.3, 0.4) is 0 Å².